The van der Waals surface area contributed by atoms with E-state index in [4.69, 9.17) is 15.2 Å². The summed E-state index contributed by atoms with van der Waals surface area (Å²) in [5.74, 6) is 0.576. The summed E-state index contributed by atoms with van der Waals surface area (Å²) in [6.45, 7) is 2.18. The topological polar surface area (TPSA) is 61.5 Å². The van der Waals surface area contributed by atoms with E-state index in [0.29, 0.717) is 0 Å². The lowest BCUT2D eigenvalue weighted by atomic mass is 9.72. The largest absolute Gasteiger partial charge is 0.497 e. The smallest absolute Gasteiger partial charge is 0.313 e. The van der Waals surface area contributed by atoms with Crippen molar-refractivity contribution in [3.63, 3.8) is 0 Å². The summed E-state index contributed by atoms with van der Waals surface area (Å²) in [4.78, 5) is 12.3. The normalized spacial score (nSPS) is 26.1. The summed E-state index contributed by atoms with van der Waals surface area (Å²) in [6.07, 6.45) is 3.84. The van der Waals surface area contributed by atoms with Crippen LogP contribution in [-0.4, -0.2) is 19.1 Å². The van der Waals surface area contributed by atoms with Crippen molar-refractivity contribution >= 4 is 5.97 Å². The average molecular weight is 277 g/mol. The first kappa shape index (κ1) is 14.9. The summed E-state index contributed by atoms with van der Waals surface area (Å²) < 4.78 is 10.6. The first-order valence-electron chi connectivity index (χ1n) is 7.12. The third-order valence-electron chi connectivity index (χ3n) is 4.25. The minimum Gasteiger partial charge on any atom is -0.497 e. The van der Waals surface area contributed by atoms with Gasteiger partial charge in [0, 0.05) is 6.04 Å². The molecule has 0 aromatic heterocycles. The molecule has 0 radical (unpaired) electrons. The Labute approximate surface area is 120 Å². The van der Waals surface area contributed by atoms with Crippen LogP contribution in [-0.2, 0) is 16.1 Å². The lowest BCUT2D eigenvalue weighted by molar-refractivity contribution is -0.159. The highest BCUT2D eigenvalue weighted by atomic mass is 16.5. The Morgan fingerprint density at radius 2 is 2.25 bits per heavy atom. The van der Waals surface area contributed by atoms with Crippen LogP contribution < -0.4 is 10.5 Å². The first-order chi connectivity index (χ1) is 9.56. The van der Waals surface area contributed by atoms with Gasteiger partial charge in [-0.25, -0.2) is 0 Å². The second-order valence-corrected chi connectivity index (χ2v) is 5.70. The van der Waals surface area contributed by atoms with Gasteiger partial charge in [-0.3, -0.25) is 4.79 Å². The number of hydrogen-bond donors (Lipinski definition) is 1. The molecule has 0 spiro atoms. The zero-order chi connectivity index (χ0) is 14.6. The summed E-state index contributed by atoms with van der Waals surface area (Å²) >= 11 is 0. The van der Waals surface area contributed by atoms with Gasteiger partial charge in [0.15, 0.2) is 0 Å². The molecule has 4 heteroatoms. The second-order valence-electron chi connectivity index (χ2n) is 5.70. The van der Waals surface area contributed by atoms with Gasteiger partial charge in [-0.1, -0.05) is 25.0 Å². The van der Waals surface area contributed by atoms with Crippen LogP contribution in [0.25, 0.3) is 0 Å². The highest BCUT2D eigenvalue weighted by Crippen LogP contribution is 2.36. The highest BCUT2D eigenvalue weighted by molar-refractivity contribution is 5.77. The van der Waals surface area contributed by atoms with E-state index in [0.717, 1.165) is 37.0 Å². The summed E-state index contributed by atoms with van der Waals surface area (Å²) in [5, 5.41) is 0. The Morgan fingerprint density at radius 1 is 1.45 bits per heavy atom. The van der Waals surface area contributed by atoms with Gasteiger partial charge in [-0.05, 0) is 37.5 Å². The zero-order valence-corrected chi connectivity index (χ0v) is 12.2. The van der Waals surface area contributed by atoms with Crippen LogP contribution in [0, 0.1) is 5.41 Å². The molecule has 1 aromatic carbocycles. The van der Waals surface area contributed by atoms with E-state index in [9.17, 15) is 4.79 Å². The lowest BCUT2D eigenvalue weighted by Crippen LogP contribution is -2.48. The molecular weight excluding hydrogens is 254 g/mol. The predicted molar refractivity (Wildman–Crippen MR) is 77.3 cm³/mol. The van der Waals surface area contributed by atoms with Crippen molar-refractivity contribution in [3.05, 3.63) is 29.8 Å². The molecule has 0 amide bonds. The molecule has 1 aromatic rings. The molecule has 0 heterocycles. The number of rotatable bonds is 4. The number of carbonyl (C=O) groups is 1. The van der Waals surface area contributed by atoms with Gasteiger partial charge in [0.25, 0.3) is 0 Å². The molecule has 20 heavy (non-hydrogen) atoms. The van der Waals surface area contributed by atoms with Crippen molar-refractivity contribution in [2.24, 2.45) is 11.1 Å². The van der Waals surface area contributed by atoms with Gasteiger partial charge in [0.2, 0.25) is 0 Å². The Kier molecular flexibility index (Phi) is 4.65. The Morgan fingerprint density at radius 3 is 2.95 bits per heavy atom. The van der Waals surface area contributed by atoms with Crippen molar-refractivity contribution < 1.29 is 14.3 Å². The maximum atomic E-state index is 12.3. The zero-order valence-electron chi connectivity index (χ0n) is 12.2. The summed E-state index contributed by atoms with van der Waals surface area (Å²) in [6, 6.07) is 7.43. The Bertz CT molecular complexity index is 475. The van der Waals surface area contributed by atoms with Gasteiger partial charge in [-0.2, -0.15) is 0 Å². The third kappa shape index (κ3) is 3.12. The Balaban J connectivity index is 1.97. The SMILES string of the molecule is COc1cccc(COC(=O)C2(C)CCCCC2N)c1. The van der Waals surface area contributed by atoms with Crippen LogP contribution in [0.3, 0.4) is 0 Å². The molecule has 2 rings (SSSR count). The molecular formula is C16H23NO3. The van der Waals surface area contributed by atoms with Crippen molar-refractivity contribution in [2.75, 3.05) is 7.11 Å². The number of nitrogens with two attached hydrogens (primary N) is 1. The van der Waals surface area contributed by atoms with Crippen molar-refractivity contribution in [1.29, 1.82) is 0 Å². The molecule has 1 aliphatic carbocycles. The fourth-order valence-corrected chi connectivity index (χ4v) is 2.69. The van der Waals surface area contributed by atoms with Crippen molar-refractivity contribution in [3.8, 4) is 5.75 Å². The van der Waals surface area contributed by atoms with E-state index in [1.54, 1.807) is 7.11 Å². The molecule has 2 N–H and O–H groups in total. The van der Waals surface area contributed by atoms with Crippen LogP contribution >= 0.6 is 0 Å². The van der Waals surface area contributed by atoms with Crippen LogP contribution in [0.15, 0.2) is 24.3 Å². The second kappa shape index (κ2) is 6.27. The molecule has 110 valence electrons. The molecule has 4 nitrogen and oxygen atoms in total. The molecule has 1 fully saturated rings. The number of carbonyl (C=O) groups excluding carboxylic acids is 1. The molecule has 2 unspecified atom stereocenters. The predicted octanol–water partition coefficient (Wildman–Crippen LogP) is 2.65. The third-order valence-corrected chi connectivity index (χ3v) is 4.25. The van der Waals surface area contributed by atoms with E-state index in [1.807, 2.05) is 31.2 Å². The minimum absolute atomic E-state index is 0.103. The molecule has 0 aliphatic heterocycles. The molecule has 1 aliphatic rings. The number of benzene rings is 1. The van der Waals surface area contributed by atoms with Crippen LogP contribution in [0.4, 0.5) is 0 Å². The molecule has 1 saturated carbocycles. The monoisotopic (exact) mass is 277 g/mol. The van der Waals surface area contributed by atoms with Crippen LogP contribution in [0.5, 0.6) is 5.75 Å². The highest BCUT2D eigenvalue weighted by Gasteiger charge is 2.42. The van der Waals surface area contributed by atoms with Gasteiger partial charge < -0.3 is 15.2 Å². The van der Waals surface area contributed by atoms with E-state index < -0.39 is 5.41 Å². The van der Waals surface area contributed by atoms with Gasteiger partial charge in [0.1, 0.15) is 12.4 Å². The number of ether oxygens (including phenoxy) is 2. The van der Waals surface area contributed by atoms with E-state index in [1.165, 1.54) is 0 Å². The standard InChI is InChI=1S/C16H23NO3/c1-16(9-4-3-8-14(16)17)15(18)20-11-12-6-5-7-13(10-12)19-2/h5-7,10,14H,3-4,8-9,11,17H2,1-2H3. The van der Waals surface area contributed by atoms with Crippen LogP contribution in [0.2, 0.25) is 0 Å². The van der Waals surface area contributed by atoms with E-state index in [-0.39, 0.29) is 18.6 Å². The molecule has 2 atom stereocenters. The van der Waals surface area contributed by atoms with Crippen LogP contribution in [0.1, 0.15) is 38.2 Å². The maximum Gasteiger partial charge on any atom is 0.313 e. The molecule has 0 saturated heterocycles. The van der Waals surface area contributed by atoms with E-state index >= 15 is 0 Å². The Hall–Kier alpha value is -1.55. The van der Waals surface area contributed by atoms with Gasteiger partial charge in [0.05, 0.1) is 12.5 Å². The number of esters is 1. The quantitative estimate of drug-likeness (QED) is 0.859. The average Bonchev–Trinajstić information content (AvgIpc) is 2.48. The van der Waals surface area contributed by atoms with Crippen molar-refractivity contribution in [1.82, 2.24) is 0 Å². The van der Waals surface area contributed by atoms with E-state index in [2.05, 4.69) is 0 Å². The first-order valence-corrected chi connectivity index (χ1v) is 7.12. The van der Waals surface area contributed by atoms with Gasteiger partial charge in [-0.15, -0.1) is 0 Å². The van der Waals surface area contributed by atoms with Gasteiger partial charge >= 0.3 is 5.97 Å². The summed E-state index contributed by atoms with van der Waals surface area (Å²) in [7, 11) is 1.62. The number of methoxy groups -OCH3 is 1. The van der Waals surface area contributed by atoms with Crippen molar-refractivity contribution in [2.45, 2.75) is 45.3 Å². The molecule has 0 bridgehead atoms. The minimum atomic E-state index is -0.545. The maximum absolute atomic E-state index is 12.3. The number of hydrogen-bond acceptors (Lipinski definition) is 4. The summed E-state index contributed by atoms with van der Waals surface area (Å²) in [5.41, 5.74) is 6.49. The fourth-order valence-electron chi connectivity index (χ4n) is 2.69. The lowest BCUT2D eigenvalue weighted by Gasteiger charge is -2.36. The fraction of sp³-hybridized carbons (Fsp3) is 0.562.